The molecule has 0 aromatic carbocycles. The SMILES string of the molecule is [CH2]C1=CC(C)CCCC1. The van der Waals surface area contributed by atoms with E-state index in [-0.39, 0.29) is 0 Å². The van der Waals surface area contributed by atoms with Crippen LogP contribution in [0, 0.1) is 12.8 Å². The summed E-state index contributed by atoms with van der Waals surface area (Å²) in [6.07, 6.45) is 7.63. The summed E-state index contributed by atoms with van der Waals surface area (Å²) >= 11 is 0. The van der Waals surface area contributed by atoms with E-state index in [1.54, 1.807) is 0 Å². The Morgan fingerprint density at radius 1 is 1.56 bits per heavy atom. The summed E-state index contributed by atoms with van der Waals surface area (Å²) in [6.45, 7) is 6.24. The number of allylic oxidation sites excluding steroid dienone is 2. The summed E-state index contributed by atoms with van der Waals surface area (Å²) in [4.78, 5) is 0. The quantitative estimate of drug-likeness (QED) is 0.464. The smallest absolute Gasteiger partial charge is 0.0259 e. The Morgan fingerprint density at radius 2 is 2.33 bits per heavy atom. The van der Waals surface area contributed by atoms with Gasteiger partial charge >= 0.3 is 0 Å². The fourth-order valence-electron chi connectivity index (χ4n) is 1.39. The van der Waals surface area contributed by atoms with Crippen molar-refractivity contribution < 1.29 is 0 Å². The van der Waals surface area contributed by atoms with Crippen LogP contribution in [0.3, 0.4) is 0 Å². The molecule has 0 N–H and O–H groups in total. The Balaban J connectivity index is 2.49. The van der Waals surface area contributed by atoms with Gasteiger partial charge < -0.3 is 0 Å². The van der Waals surface area contributed by atoms with Gasteiger partial charge in [-0.25, -0.2) is 0 Å². The number of rotatable bonds is 0. The van der Waals surface area contributed by atoms with Gasteiger partial charge in [-0.3, -0.25) is 0 Å². The molecule has 0 spiro atoms. The molecule has 1 radical (unpaired) electrons. The predicted molar refractivity (Wildman–Crippen MR) is 41.1 cm³/mol. The first-order valence-corrected chi connectivity index (χ1v) is 3.81. The normalized spacial score (nSPS) is 29.1. The molecule has 0 amide bonds. The first-order chi connectivity index (χ1) is 4.29. The largest absolute Gasteiger partial charge is 0.0825 e. The van der Waals surface area contributed by atoms with E-state index in [0.717, 1.165) is 5.92 Å². The molecular weight excluding hydrogens is 108 g/mol. The Bertz CT molecular complexity index is 111. The van der Waals surface area contributed by atoms with E-state index in [1.165, 1.54) is 31.3 Å². The van der Waals surface area contributed by atoms with Crippen molar-refractivity contribution in [1.29, 1.82) is 0 Å². The van der Waals surface area contributed by atoms with Crippen LogP contribution in [0.1, 0.15) is 32.6 Å². The lowest BCUT2D eigenvalue weighted by Crippen LogP contribution is -1.85. The van der Waals surface area contributed by atoms with Gasteiger partial charge in [0.1, 0.15) is 0 Å². The van der Waals surface area contributed by atoms with Crippen LogP contribution in [0.5, 0.6) is 0 Å². The summed E-state index contributed by atoms with van der Waals surface area (Å²) in [5.41, 5.74) is 1.35. The van der Waals surface area contributed by atoms with Gasteiger partial charge in [0.25, 0.3) is 0 Å². The minimum atomic E-state index is 0.778. The molecule has 0 aliphatic heterocycles. The van der Waals surface area contributed by atoms with Crippen LogP contribution in [0.2, 0.25) is 0 Å². The minimum Gasteiger partial charge on any atom is -0.0825 e. The predicted octanol–water partition coefficient (Wildman–Crippen LogP) is 2.96. The van der Waals surface area contributed by atoms with Crippen molar-refractivity contribution in [1.82, 2.24) is 0 Å². The molecule has 0 heterocycles. The minimum absolute atomic E-state index is 0.778. The molecule has 1 aliphatic rings. The highest BCUT2D eigenvalue weighted by Gasteiger charge is 2.03. The van der Waals surface area contributed by atoms with Crippen LogP contribution in [0.15, 0.2) is 11.6 Å². The lowest BCUT2D eigenvalue weighted by molar-refractivity contribution is 0.604. The fourth-order valence-corrected chi connectivity index (χ4v) is 1.39. The maximum atomic E-state index is 3.97. The van der Waals surface area contributed by atoms with Crippen LogP contribution < -0.4 is 0 Å². The van der Waals surface area contributed by atoms with E-state index in [1.807, 2.05) is 0 Å². The molecule has 0 aromatic rings. The van der Waals surface area contributed by atoms with E-state index < -0.39 is 0 Å². The molecule has 51 valence electrons. The Morgan fingerprint density at radius 3 is 3.11 bits per heavy atom. The Hall–Kier alpha value is -0.260. The van der Waals surface area contributed by atoms with Gasteiger partial charge in [-0.05, 0) is 32.1 Å². The summed E-state index contributed by atoms with van der Waals surface area (Å²) in [5.74, 6) is 0.778. The second-order valence-electron chi connectivity index (χ2n) is 3.05. The van der Waals surface area contributed by atoms with Crippen molar-refractivity contribution in [3.05, 3.63) is 18.6 Å². The van der Waals surface area contributed by atoms with Crippen LogP contribution in [-0.2, 0) is 0 Å². The molecule has 0 aromatic heterocycles. The van der Waals surface area contributed by atoms with Crippen molar-refractivity contribution in [2.75, 3.05) is 0 Å². The molecule has 9 heavy (non-hydrogen) atoms. The molecule has 0 bridgehead atoms. The van der Waals surface area contributed by atoms with Crippen molar-refractivity contribution >= 4 is 0 Å². The van der Waals surface area contributed by atoms with Gasteiger partial charge in [0.05, 0.1) is 0 Å². The third-order valence-corrected chi connectivity index (χ3v) is 1.93. The summed E-state index contributed by atoms with van der Waals surface area (Å²) < 4.78 is 0. The highest BCUT2D eigenvalue weighted by molar-refractivity contribution is 5.08. The number of hydrogen-bond acceptors (Lipinski definition) is 0. The standard InChI is InChI=1S/C9H15/c1-8-5-3-4-6-9(2)7-8/h7,9H,1,3-6H2,2H3. The van der Waals surface area contributed by atoms with Crippen molar-refractivity contribution in [3.8, 4) is 0 Å². The zero-order valence-electron chi connectivity index (χ0n) is 6.19. The molecule has 0 fully saturated rings. The summed E-state index contributed by atoms with van der Waals surface area (Å²) in [5, 5.41) is 0. The molecule has 1 rings (SSSR count). The molecule has 0 nitrogen and oxygen atoms in total. The summed E-state index contributed by atoms with van der Waals surface area (Å²) in [6, 6.07) is 0. The van der Waals surface area contributed by atoms with E-state index in [2.05, 4.69) is 19.9 Å². The molecule has 0 saturated carbocycles. The highest BCUT2D eigenvalue weighted by Crippen LogP contribution is 2.20. The lowest BCUT2D eigenvalue weighted by Gasteiger charge is -1.99. The third kappa shape index (κ3) is 2.21. The van der Waals surface area contributed by atoms with Gasteiger partial charge in [-0.15, -0.1) is 0 Å². The van der Waals surface area contributed by atoms with Gasteiger partial charge in [0, 0.05) is 0 Å². The van der Waals surface area contributed by atoms with Crippen molar-refractivity contribution in [3.63, 3.8) is 0 Å². The lowest BCUT2D eigenvalue weighted by atomic mass is 10.1. The maximum Gasteiger partial charge on any atom is -0.0259 e. The van der Waals surface area contributed by atoms with Gasteiger partial charge in [-0.2, -0.15) is 0 Å². The zero-order chi connectivity index (χ0) is 6.69. The average molecular weight is 123 g/mol. The molecular formula is C9H15. The maximum absolute atomic E-state index is 3.97. The van der Waals surface area contributed by atoms with Gasteiger partial charge in [-0.1, -0.05) is 25.0 Å². The zero-order valence-corrected chi connectivity index (χ0v) is 6.19. The van der Waals surface area contributed by atoms with E-state index in [0.29, 0.717) is 0 Å². The van der Waals surface area contributed by atoms with Crippen LogP contribution in [0.25, 0.3) is 0 Å². The Kier molecular flexibility index (Phi) is 2.32. The average Bonchev–Trinajstić information content (AvgIpc) is 1.93. The van der Waals surface area contributed by atoms with Crippen LogP contribution in [-0.4, -0.2) is 0 Å². The van der Waals surface area contributed by atoms with E-state index >= 15 is 0 Å². The summed E-state index contributed by atoms with van der Waals surface area (Å²) in [7, 11) is 0. The molecule has 1 unspecified atom stereocenters. The number of hydrogen-bond donors (Lipinski definition) is 0. The third-order valence-electron chi connectivity index (χ3n) is 1.93. The molecule has 0 heteroatoms. The fraction of sp³-hybridized carbons (Fsp3) is 0.667. The monoisotopic (exact) mass is 123 g/mol. The second kappa shape index (κ2) is 3.05. The highest BCUT2D eigenvalue weighted by atomic mass is 14.1. The van der Waals surface area contributed by atoms with Crippen molar-refractivity contribution in [2.45, 2.75) is 32.6 Å². The topological polar surface area (TPSA) is 0 Å². The first-order valence-electron chi connectivity index (χ1n) is 3.81. The van der Waals surface area contributed by atoms with Crippen LogP contribution in [0.4, 0.5) is 0 Å². The van der Waals surface area contributed by atoms with Crippen molar-refractivity contribution in [2.24, 2.45) is 5.92 Å². The van der Waals surface area contributed by atoms with Gasteiger partial charge in [0.15, 0.2) is 0 Å². The second-order valence-corrected chi connectivity index (χ2v) is 3.05. The molecule has 1 atom stereocenters. The molecule has 0 saturated heterocycles. The van der Waals surface area contributed by atoms with E-state index in [9.17, 15) is 0 Å². The first kappa shape index (κ1) is 6.85. The van der Waals surface area contributed by atoms with E-state index in [4.69, 9.17) is 0 Å². The molecule has 1 aliphatic carbocycles. The van der Waals surface area contributed by atoms with Crippen LogP contribution >= 0.6 is 0 Å². The van der Waals surface area contributed by atoms with Gasteiger partial charge in [0.2, 0.25) is 0 Å². The Labute approximate surface area is 58.0 Å².